The summed E-state index contributed by atoms with van der Waals surface area (Å²) in [5.41, 5.74) is 6.83. The second kappa shape index (κ2) is 5.52. The van der Waals surface area contributed by atoms with Crippen LogP contribution in [0.1, 0.15) is 18.2 Å². The summed E-state index contributed by atoms with van der Waals surface area (Å²) < 4.78 is 12.3. The van der Waals surface area contributed by atoms with E-state index in [2.05, 4.69) is 9.97 Å². The molecule has 118 valence electrons. The first kappa shape index (κ1) is 14.7. The van der Waals surface area contributed by atoms with E-state index in [1.54, 1.807) is 10.8 Å². The number of aliphatic hydroxyl groups excluding tert-OH is 2. The van der Waals surface area contributed by atoms with Gasteiger partial charge < -0.3 is 30.0 Å². The highest BCUT2D eigenvalue weighted by atomic mass is 16.5. The van der Waals surface area contributed by atoms with Crippen molar-refractivity contribution in [1.82, 2.24) is 14.5 Å². The van der Waals surface area contributed by atoms with Gasteiger partial charge in [0.2, 0.25) is 5.90 Å². The van der Waals surface area contributed by atoms with E-state index >= 15 is 0 Å². The summed E-state index contributed by atoms with van der Waals surface area (Å²) in [5, 5.41) is 27.5. The number of ether oxygens (including phenoxy) is 2. The largest absolute Gasteiger partial charge is 0.481 e. The Bertz CT molecular complexity index is 716. The summed E-state index contributed by atoms with van der Waals surface area (Å²) in [6.45, 7) is -0.269. The summed E-state index contributed by atoms with van der Waals surface area (Å²) in [6, 6.07) is 0. The van der Waals surface area contributed by atoms with Gasteiger partial charge in [0.1, 0.15) is 30.1 Å². The highest BCUT2D eigenvalue weighted by Gasteiger charge is 2.36. The molecule has 3 rings (SSSR count). The van der Waals surface area contributed by atoms with Gasteiger partial charge in [0.15, 0.2) is 0 Å². The number of nitrogens with zero attached hydrogens (tertiary/aromatic N) is 3. The van der Waals surface area contributed by atoms with Crippen molar-refractivity contribution in [2.45, 2.75) is 24.9 Å². The number of hydrogen-bond acceptors (Lipinski definition) is 8. The summed E-state index contributed by atoms with van der Waals surface area (Å²) in [6.07, 6.45) is 1.34. The molecule has 0 spiro atoms. The Morgan fingerprint density at radius 1 is 1.59 bits per heavy atom. The quantitative estimate of drug-likeness (QED) is 0.448. The van der Waals surface area contributed by atoms with Gasteiger partial charge in [-0.3, -0.25) is 5.41 Å². The maximum Gasteiger partial charge on any atom is 0.215 e. The van der Waals surface area contributed by atoms with Crippen LogP contribution >= 0.6 is 0 Å². The molecule has 1 aliphatic rings. The fraction of sp³-hybridized carbons (Fsp3) is 0.462. The summed E-state index contributed by atoms with van der Waals surface area (Å²) in [4.78, 5) is 8.14. The van der Waals surface area contributed by atoms with Crippen LogP contribution in [0.5, 0.6) is 0 Å². The first-order valence-electron chi connectivity index (χ1n) is 6.75. The van der Waals surface area contributed by atoms with Gasteiger partial charge >= 0.3 is 0 Å². The summed E-state index contributed by atoms with van der Waals surface area (Å²) in [5.74, 6) is 0.167. The first-order valence-corrected chi connectivity index (χ1v) is 6.75. The first-order chi connectivity index (χ1) is 10.6. The number of aliphatic hydroxyl groups is 2. The van der Waals surface area contributed by atoms with Crippen LogP contribution in [-0.4, -0.2) is 56.6 Å². The fourth-order valence-corrected chi connectivity index (χ4v) is 2.66. The molecule has 0 radical (unpaired) electrons. The number of fused-ring (bicyclic) bond motifs is 1. The highest BCUT2D eigenvalue weighted by Crippen LogP contribution is 2.34. The van der Waals surface area contributed by atoms with Crippen LogP contribution in [0.4, 0.5) is 5.82 Å². The molecule has 1 fully saturated rings. The zero-order valence-corrected chi connectivity index (χ0v) is 11.9. The molecule has 3 atom stereocenters. The lowest BCUT2D eigenvalue weighted by Gasteiger charge is -2.14. The minimum absolute atomic E-state index is 0.0671. The van der Waals surface area contributed by atoms with Crippen LogP contribution in [0.15, 0.2) is 12.5 Å². The molecule has 0 saturated carbocycles. The Morgan fingerprint density at radius 3 is 3.00 bits per heavy atom. The lowest BCUT2D eigenvalue weighted by Crippen LogP contribution is -2.24. The standard InChI is InChI=1S/C13H17N5O4/c1-21-12(15)6-3-18(9-2-7(20)8(4-19)22-9)13-10(6)11(14)16-5-17-13/h3,5,7-9,15,19-20H,2,4H2,1H3,(H2,14,16,17)/t7-,8+,9+/m0/s1. The number of nitrogens with one attached hydrogen (secondary N) is 1. The molecule has 2 aromatic heterocycles. The van der Waals surface area contributed by atoms with Crippen molar-refractivity contribution in [3.05, 3.63) is 18.1 Å². The van der Waals surface area contributed by atoms with Gasteiger partial charge in [-0.1, -0.05) is 0 Å². The van der Waals surface area contributed by atoms with Gasteiger partial charge in [0, 0.05) is 12.6 Å². The lowest BCUT2D eigenvalue weighted by atomic mass is 10.2. The molecule has 3 heterocycles. The normalized spacial score (nSPS) is 24.8. The van der Waals surface area contributed by atoms with E-state index in [0.717, 1.165) is 0 Å². The van der Waals surface area contributed by atoms with Gasteiger partial charge in [0.25, 0.3) is 0 Å². The third-order valence-electron chi connectivity index (χ3n) is 3.78. The molecule has 9 heteroatoms. The summed E-state index contributed by atoms with van der Waals surface area (Å²) in [7, 11) is 1.39. The molecule has 0 amide bonds. The summed E-state index contributed by atoms with van der Waals surface area (Å²) >= 11 is 0. The molecule has 22 heavy (non-hydrogen) atoms. The van der Waals surface area contributed by atoms with Crippen molar-refractivity contribution in [2.24, 2.45) is 0 Å². The molecule has 1 aliphatic heterocycles. The molecule has 0 aliphatic carbocycles. The van der Waals surface area contributed by atoms with Gasteiger partial charge in [-0.15, -0.1) is 0 Å². The third-order valence-corrected chi connectivity index (χ3v) is 3.78. The molecular weight excluding hydrogens is 290 g/mol. The predicted octanol–water partition coefficient (Wildman–Crippen LogP) is -0.374. The highest BCUT2D eigenvalue weighted by molar-refractivity contribution is 6.08. The Labute approximate surface area is 125 Å². The van der Waals surface area contributed by atoms with Crippen LogP contribution in [0.25, 0.3) is 11.0 Å². The van der Waals surface area contributed by atoms with E-state index in [1.807, 2.05) is 0 Å². The molecule has 9 nitrogen and oxygen atoms in total. The fourth-order valence-electron chi connectivity index (χ4n) is 2.66. The molecule has 0 bridgehead atoms. The Hall–Kier alpha value is -2.23. The monoisotopic (exact) mass is 307 g/mol. The number of methoxy groups -OCH3 is 1. The number of aromatic nitrogens is 3. The van der Waals surface area contributed by atoms with E-state index in [-0.39, 0.29) is 18.3 Å². The van der Waals surface area contributed by atoms with Gasteiger partial charge in [-0.2, -0.15) is 0 Å². The number of nitrogen functional groups attached to an aromatic ring is 1. The van der Waals surface area contributed by atoms with E-state index in [4.69, 9.17) is 20.6 Å². The van der Waals surface area contributed by atoms with E-state index in [0.29, 0.717) is 23.0 Å². The zero-order chi connectivity index (χ0) is 15.9. The van der Waals surface area contributed by atoms with Gasteiger partial charge in [0.05, 0.1) is 30.8 Å². The molecule has 0 unspecified atom stereocenters. The van der Waals surface area contributed by atoms with Crippen molar-refractivity contribution >= 4 is 22.7 Å². The third kappa shape index (κ3) is 2.19. The molecule has 0 aromatic carbocycles. The smallest absolute Gasteiger partial charge is 0.215 e. The minimum atomic E-state index is -0.767. The van der Waals surface area contributed by atoms with Crippen LogP contribution < -0.4 is 5.73 Å². The Kier molecular flexibility index (Phi) is 3.69. The van der Waals surface area contributed by atoms with Crippen LogP contribution in [0, 0.1) is 5.41 Å². The number of hydrogen-bond donors (Lipinski definition) is 4. The maximum atomic E-state index is 9.89. The molecule has 1 saturated heterocycles. The van der Waals surface area contributed by atoms with Crippen molar-refractivity contribution in [2.75, 3.05) is 19.5 Å². The van der Waals surface area contributed by atoms with Gasteiger partial charge in [-0.25, -0.2) is 9.97 Å². The minimum Gasteiger partial charge on any atom is -0.481 e. The van der Waals surface area contributed by atoms with Crippen molar-refractivity contribution < 1.29 is 19.7 Å². The van der Waals surface area contributed by atoms with Crippen molar-refractivity contribution in [3.8, 4) is 0 Å². The van der Waals surface area contributed by atoms with E-state index < -0.39 is 18.4 Å². The molecule has 2 aromatic rings. The molecular formula is C13H17N5O4. The zero-order valence-electron chi connectivity index (χ0n) is 11.9. The van der Waals surface area contributed by atoms with Gasteiger partial charge in [-0.05, 0) is 0 Å². The average molecular weight is 307 g/mol. The predicted molar refractivity (Wildman–Crippen MR) is 77.4 cm³/mol. The number of rotatable bonds is 3. The van der Waals surface area contributed by atoms with Crippen molar-refractivity contribution in [3.63, 3.8) is 0 Å². The molecule has 5 N–H and O–H groups in total. The lowest BCUT2D eigenvalue weighted by molar-refractivity contribution is -0.0430. The maximum absolute atomic E-state index is 9.89. The Morgan fingerprint density at radius 2 is 2.36 bits per heavy atom. The van der Waals surface area contributed by atoms with Crippen LogP contribution in [0.3, 0.4) is 0 Å². The van der Waals surface area contributed by atoms with Crippen molar-refractivity contribution in [1.29, 1.82) is 5.41 Å². The van der Waals surface area contributed by atoms with E-state index in [1.165, 1.54) is 13.4 Å². The van der Waals surface area contributed by atoms with Crippen LogP contribution in [-0.2, 0) is 9.47 Å². The number of anilines is 1. The SMILES string of the molecule is COC(=N)c1cn([C@H]2C[C@H](O)[C@@H](CO)O2)c2ncnc(N)c12. The van der Waals surface area contributed by atoms with Crippen LogP contribution in [0.2, 0.25) is 0 Å². The van der Waals surface area contributed by atoms with E-state index in [9.17, 15) is 10.2 Å². The Balaban J connectivity index is 2.11. The second-order valence-corrected chi connectivity index (χ2v) is 5.06. The average Bonchev–Trinajstić information content (AvgIpc) is 3.08. The number of nitrogens with two attached hydrogens (primary N) is 1. The second-order valence-electron chi connectivity index (χ2n) is 5.06. The topological polar surface area (TPSA) is 140 Å².